The molecule has 1 N–H and O–H groups in total. The number of hydrogen-bond acceptors (Lipinski definition) is 0. The lowest BCUT2D eigenvalue weighted by molar-refractivity contribution is 0.956. The topological polar surface area (TPSA) is 20.7 Å². The molecule has 0 amide bonds. The van der Waals surface area contributed by atoms with Crippen molar-refractivity contribution in [2.75, 3.05) is 0 Å². The summed E-state index contributed by atoms with van der Waals surface area (Å²) in [5.41, 5.74) is 8.61. The average molecular weight is 323 g/mol. The van der Waals surface area contributed by atoms with Crippen LogP contribution < -0.4 is 0 Å². The van der Waals surface area contributed by atoms with Gasteiger partial charge in [-0.1, -0.05) is 11.6 Å². The molecule has 4 aromatic rings. The Balaban J connectivity index is 2.18. The summed E-state index contributed by atoms with van der Waals surface area (Å²) in [4.78, 5) is 3.55. The molecule has 0 radical (unpaired) electrons. The van der Waals surface area contributed by atoms with Crippen LogP contribution in [0.15, 0.2) is 36.4 Å². The molecule has 0 aliphatic carbocycles. The first-order valence-corrected chi connectivity index (χ1v) is 8.21. The van der Waals surface area contributed by atoms with Gasteiger partial charge in [0.1, 0.15) is 0 Å². The lowest BCUT2D eigenvalue weighted by atomic mass is 10.0. The molecule has 0 spiro atoms. The van der Waals surface area contributed by atoms with E-state index in [1.807, 2.05) is 6.07 Å². The Bertz CT molecular complexity index is 1050. The number of aryl methyl sites for hydroxylation is 4. The number of H-pyrrole nitrogens is 1. The van der Waals surface area contributed by atoms with Crippen LogP contribution in [-0.2, 0) is 0 Å². The number of nitrogens with one attached hydrogen (secondary N) is 1. The van der Waals surface area contributed by atoms with E-state index >= 15 is 0 Å². The maximum atomic E-state index is 6.24. The first-order chi connectivity index (χ1) is 11.0. The molecule has 2 aromatic heterocycles. The zero-order valence-electron chi connectivity index (χ0n) is 13.8. The van der Waals surface area contributed by atoms with Crippen molar-refractivity contribution in [3.8, 4) is 5.69 Å². The standard InChI is InChI=1S/C20H19ClN2/c1-11-9-18(23-12(2)5-6-13(23)3)14(4)19-16-10-15(21)7-8-17(16)22-20(11)19/h5-10,22H,1-4H3. The van der Waals surface area contributed by atoms with Gasteiger partial charge >= 0.3 is 0 Å². The van der Waals surface area contributed by atoms with Crippen molar-refractivity contribution in [3.05, 3.63) is 63.9 Å². The van der Waals surface area contributed by atoms with E-state index in [-0.39, 0.29) is 0 Å². The summed E-state index contributed by atoms with van der Waals surface area (Å²) in [6.07, 6.45) is 0. The Kier molecular flexibility index (Phi) is 3.07. The van der Waals surface area contributed by atoms with E-state index in [0.29, 0.717) is 0 Å². The Morgan fingerprint density at radius 1 is 0.913 bits per heavy atom. The maximum absolute atomic E-state index is 6.24. The number of benzene rings is 2. The second-order valence-corrected chi connectivity index (χ2v) is 6.79. The molecule has 0 fully saturated rings. The summed E-state index contributed by atoms with van der Waals surface area (Å²) in [7, 11) is 0. The van der Waals surface area contributed by atoms with Crippen LogP contribution in [0.3, 0.4) is 0 Å². The summed E-state index contributed by atoms with van der Waals surface area (Å²) in [6.45, 7) is 8.66. The average Bonchev–Trinajstić information content (AvgIpc) is 3.04. The Hall–Kier alpha value is -2.19. The summed E-state index contributed by atoms with van der Waals surface area (Å²) < 4.78 is 2.32. The first kappa shape index (κ1) is 14.4. The number of halogens is 1. The van der Waals surface area contributed by atoms with Crippen molar-refractivity contribution in [1.29, 1.82) is 0 Å². The maximum Gasteiger partial charge on any atom is 0.0498 e. The molecule has 0 aliphatic rings. The molecule has 0 saturated heterocycles. The lowest BCUT2D eigenvalue weighted by Crippen LogP contribution is -2.02. The zero-order valence-corrected chi connectivity index (χ0v) is 14.5. The Labute approximate surface area is 140 Å². The number of nitrogens with zero attached hydrogens (tertiary/aromatic N) is 1. The van der Waals surface area contributed by atoms with Gasteiger partial charge in [-0.15, -0.1) is 0 Å². The minimum absolute atomic E-state index is 0.772. The van der Waals surface area contributed by atoms with E-state index < -0.39 is 0 Å². The fourth-order valence-electron chi connectivity index (χ4n) is 3.64. The number of aromatic nitrogens is 2. The second-order valence-electron chi connectivity index (χ2n) is 6.35. The third-order valence-electron chi connectivity index (χ3n) is 4.78. The molecule has 0 aliphatic heterocycles. The predicted octanol–water partition coefficient (Wildman–Crippen LogP) is 6.00. The van der Waals surface area contributed by atoms with E-state index in [2.05, 4.69) is 67.6 Å². The number of aromatic amines is 1. The highest BCUT2D eigenvalue weighted by molar-refractivity contribution is 6.32. The largest absolute Gasteiger partial charge is 0.354 e. The van der Waals surface area contributed by atoms with Gasteiger partial charge in [0, 0.05) is 43.9 Å². The molecule has 4 rings (SSSR count). The summed E-state index contributed by atoms with van der Waals surface area (Å²) in [6, 6.07) is 12.7. The van der Waals surface area contributed by atoms with Gasteiger partial charge in [0.05, 0.1) is 0 Å². The molecule has 0 saturated carbocycles. The van der Waals surface area contributed by atoms with Crippen LogP contribution in [0.2, 0.25) is 5.02 Å². The zero-order chi connectivity index (χ0) is 16.3. The van der Waals surface area contributed by atoms with E-state index in [0.717, 1.165) is 10.5 Å². The van der Waals surface area contributed by atoms with Crippen LogP contribution in [0.4, 0.5) is 0 Å². The van der Waals surface area contributed by atoms with Gasteiger partial charge in [0.2, 0.25) is 0 Å². The van der Waals surface area contributed by atoms with Crippen molar-refractivity contribution in [1.82, 2.24) is 9.55 Å². The monoisotopic (exact) mass is 322 g/mol. The van der Waals surface area contributed by atoms with Crippen molar-refractivity contribution in [2.24, 2.45) is 0 Å². The molecular formula is C20H19ClN2. The van der Waals surface area contributed by atoms with E-state index in [4.69, 9.17) is 11.6 Å². The van der Waals surface area contributed by atoms with Gasteiger partial charge in [-0.05, 0) is 75.2 Å². The van der Waals surface area contributed by atoms with Crippen molar-refractivity contribution in [3.63, 3.8) is 0 Å². The molecule has 0 atom stereocenters. The normalized spacial score (nSPS) is 11.7. The molecule has 2 heterocycles. The SMILES string of the molecule is Cc1cc(-n2c(C)ccc2C)c(C)c2c1[nH]c1ccc(Cl)cc12. The van der Waals surface area contributed by atoms with Crippen LogP contribution in [0.25, 0.3) is 27.5 Å². The summed E-state index contributed by atoms with van der Waals surface area (Å²) in [5, 5.41) is 3.23. The fraction of sp³-hybridized carbons (Fsp3) is 0.200. The summed E-state index contributed by atoms with van der Waals surface area (Å²) >= 11 is 6.24. The molecular weight excluding hydrogens is 304 g/mol. The van der Waals surface area contributed by atoms with Crippen molar-refractivity contribution in [2.45, 2.75) is 27.7 Å². The smallest absolute Gasteiger partial charge is 0.0498 e. The first-order valence-electron chi connectivity index (χ1n) is 7.84. The number of rotatable bonds is 1. The third kappa shape index (κ3) is 2.02. The van der Waals surface area contributed by atoms with Gasteiger partial charge in [-0.2, -0.15) is 0 Å². The van der Waals surface area contributed by atoms with Gasteiger partial charge in [0.15, 0.2) is 0 Å². The van der Waals surface area contributed by atoms with Gasteiger partial charge < -0.3 is 9.55 Å². The van der Waals surface area contributed by atoms with E-state index in [1.54, 1.807) is 0 Å². The number of hydrogen-bond donors (Lipinski definition) is 1. The highest BCUT2D eigenvalue weighted by atomic mass is 35.5. The molecule has 0 bridgehead atoms. The highest BCUT2D eigenvalue weighted by Crippen LogP contribution is 2.35. The van der Waals surface area contributed by atoms with Crippen LogP contribution >= 0.6 is 11.6 Å². The van der Waals surface area contributed by atoms with Gasteiger partial charge in [0.25, 0.3) is 0 Å². The lowest BCUT2D eigenvalue weighted by Gasteiger charge is -2.15. The minimum Gasteiger partial charge on any atom is -0.354 e. The quantitative estimate of drug-likeness (QED) is 0.444. The molecule has 2 nitrogen and oxygen atoms in total. The van der Waals surface area contributed by atoms with Crippen LogP contribution in [0.5, 0.6) is 0 Å². The molecule has 23 heavy (non-hydrogen) atoms. The summed E-state index contributed by atoms with van der Waals surface area (Å²) in [5.74, 6) is 0. The third-order valence-corrected chi connectivity index (χ3v) is 5.01. The second kappa shape index (κ2) is 4.90. The Morgan fingerprint density at radius 2 is 1.61 bits per heavy atom. The van der Waals surface area contributed by atoms with Crippen molar-refractivity contribution < 1.29 is 0 Å². The predicted molar refractivity (Wildman–Crippen MR) is 99.1 cm³/mol. The van der Waals surface area contributed by atoms with Crippen LogP contribution in [0.1, 0.15) is 22.5 Å². The Morgan fingerprint density at radius 3 is 2.30 bits per heavy atom. The van der Waals surface area contributed by atoms with Crippen LogP contribution in [-0.4, -0.2) is 9.55 Å². The van der Waals surface area contributed by atoms with Crippen LogP contribution in [0, 0.1) is 27.7 Å². The highest BCUT2D eigenvalue weighted by Gasteiger charge is 2.15. The number of fused-ring (bicyclic) bond motifs is 3. The van der Waals surface area contributed by atoms with E-state index in [1.165, 1.54) is 44.5 Å². The van der Waals surface area contributed by atoms with Gasteiger partial charge in [-0.25, -0.2) is 0 Å². The molecule has 3 heteroatoms. The van der Waals surface area contributed by atoms with Gasteiger partial charge in [-0.3, -0.25) is 0 Å². The fourth-order valence-corrected chi connectivity index (χ4v) is 3.82. The van der Waals surface area contributed by atoms with Crippen molar-refractivity contribution >= 4 is 33.4 Å². The molecule has 2 aromatic carbocycles. The van der Waals surface area contributed by atoms with E-state index in [9.17, 15) is 0 Å². The minimum atomic E-state index is 0.772. The molecule has 116 valence electrons. The molecule has 0 unspecified atom stereocenters.